The summed E-state index contributed by atoms with van der Waals surface area (Å²) in [6.45, 7) is 2.96. The minimum absolute atomic E-state index is 0.108. The van der Waals surface area contributed by atoms with Crippen molar-refractivity contribution in [3.8, 4) is 5.75 Å². The maximum atomic E-state index is 13.4. The van der Waals surface area contributed by atoms with Gasteiger partial charge in [-0.25, -0.2) is 8.78 Å². The van der Waals surface area contributed by atoms with E-state index < -0.39 is 11.6 Å². The fourth-order valence-corrected chi connectivity index (χ4v) is 2.65. The molecule has 0 bridgehead atoms. The Kier molecular flexibility index (Phi) is 6.37. The molecule has 0 amide bonds. The van der Waals surface area contributed by atoms with E-state index in [-0.39, 0.29) is 5.92 Å². The van der Waals surface area contributed by atoms with Crippen molar-refractivity contribution in [2.75, 3.05) is 13.2 Å². The first-order valence-electron chi connectivity index (χ1n) is 7.61. The monoisotopic (exact) mass is 339 g/mol. The van der Waals surface area contributed by atoms with E-state index in [9.17, 15) is 8.78 Å². The van der Waals surface area contributed by atoms with E-state index in [4.69, 9.17) is 22.1 Å². The summed E-state index contributed by atoms with van der Waals surface area (Å²) in [5.41, 5.74) is 7.45. The van der Waals surface area contributed by atoms with Crippen LogP contribution < -0.4 is 10.5 Å². The van der Waals surface area contributed by atoms with Crippen LogP contribution in [-0.4, -0.2) is 13.2 Å². The smallest absolute Gasteiger partial charge is 0.159 e. The van der Waals surface area contributed by atoms with Gasteiger partial charge in [0.05, 0.1) is 11.6 Å². The molecule has 2 rings (SSSR count). The average molecular weight is 340 g/mol. The van der Waals surface area contributed by atoms with Gasteiger partial charge < -0.3 is 10.5 Å². The largest absolute Gasteiger partial charge is 0.492 e. The van der Waals surface area contributed by atoms with E-state index in [1.165, 1.54) is 6.07 Å². The van der Waals surface area contributed by atoms with Gasteiger partial charge in [0.15, 0.2) is 11.6 Å². The molecule has 1 unspecified atom stereocenters. The predicted molar refractivity (Wildman–Crippen MR) is 89.1 cm³/mol. The maximum Gasteiger partial charge on any atom is 0.159 e. The van der Waals surface area contributed by atoms with Gasteiger partial charge >= 0.3 is 0 Å². The minimum Gasteiger partial charge on any atom is -0.492 e. The molecule has 0 aromatic heterocycles. The van der Waals surface area contributed by atoms with Crippen molar-refractivity contribution >= 4 is 11.6 Å². The number of rotatable bonds is 7. The highest BCUT2D eigenvalue weighted by molar-refractivity contribution is 6.32. The van der Waals surface area contributed by atoms with Gasteiger partial charge in [0, 0.05) is 5.92 Å². The van der Waals surface area contributed by atoms with Crippen LogP contribution in [0.3, 0.4) is 0 Å². The van der Waals surface area contributed by atoms with Crippen molar-refractivity contribution in [2.24, 2.45) is 5.73 Å². The Morgan fingerprint density at radius 2 is 1.91 bits per heavy atom. The Bertz CT molecular complexity index is 663. The van der Waals surface area contributed by atoms with E-state index in [0.717, 1.165) is 18.1 Å². The molecule has 2 nitrogen and oxygen atoms in total. The summed E-state index contributed by atoms with van der Waals surface area (Å²) in [5, 5.41) is 0.539. The van der Waals surface area contributed by atoms with Crippen molar-refractivity contribution in [2.45, 2.75) is 25.7 Å². The molecule has 2 N–H and O–H groups in total. The number of ether oxygens (including phenoxy) is 1. The molecule has 124 valence electrons. The third-order valence-corrected chi connectivity index (χ3v) is 3.94. The Balaban J connectivity index is 2.15. The highest BCUT2D eigenvalue weighted by atomic mass is 35.5. The van der Waals surface area contributed by atoms with Crippen molar-refractivity contribution < 1.29 is 13.5 Å². The van der Waals surface area contributed by atoms with Gasteiger partial charge in [0.1, 0.15) is 5.75 Å². The molecule has 5 heteroatoms. The Hall–Kier alpha value is -1.65. The molecule has 0 saturated heterocycles. The number of benzene rings is 2. The Labute approximate surface area is 140 Å². The topological polar surface area (TPSA) is 35.2 Å². The molecule has 2 aromatic carbocycles. The fraction of sp³-hybridized carbons (Fsp3) is 0.333. The lowest BCUT2D eigenvalue weighted by atomic mass is 9.92. The van der Waals surface area contributed by atoms with E-state index in [1.807, 2.05) is 25.1 Å². The zero-order valence-electron chi connectivity index (χ0n) is 13.0. The summed E-state index contributed by atoms with van der Waals surface area (Å²) < 4.78 is 32.0. The van der Waals surface area contributed by atoms with Crippen LogP contribution in [-0.2, 0) is 6.42 Å². The number of halogens is 3. The van der Waals surface area contributed by atoms with Crippen LogP contribution in [0, 0.1) is 11.6 Å². The van der Waals surface area contributed by atoms with Crippen molar-refractivity contribution in [3.05, 3.63) is 64.2 Å². The molecule has 0 heterocycles. The molecule has 0 fully saturated rings. The summed E-state index contributed by atoms with van der Waals surface area (Å²) >= 11 is 6.22. The van der Waals surface area contributed by atoms with Gasteiger partial charge in [-0.2, -0.15) is 0 Å². The predicted octanol–water partition coefficient (Wildman–Crippen LogP) is 4.69. The standard InChI is InChI=1S/C18H20ClF2NO/c1-2-7-23-18-6-3-12(9-15(18)19)8-14(11-22)13-4-5-16(20)17(21)10-13/h3-6,9-10,14H,2,7-8,11,22H2,1H3. The van der Waals surface area contributed by atoms with Crippen molar-refractivity contribution in [1.29, 1.82) is 0 Å². The SMILES string of the molecule is CCCOc1ccc(CC(CN)c2ccc(F)c(F)c2)cc1Cl. The van der Waals surface area contributed by atoms with E-state index in [0.29, 0.717) is 35.9 Å². The minimum atomic E-state index is -0.859. The fourth-order valence-electron chi connectivity index (χ4n) is 2.39. The Morgan fingerprint density at radius 1 is 1.13 bits per heavy atom. The first kappa shape index (κ1) is 17.7. The lowest BCUT2D eigenvalue weighted by Crippen LogP contribution is -2.15. The summed E-state index contributed by atoms with van der Waals surface area (Å²) in [7, 11) is 0. The molecular weight excluding hydrogens is 320 g/mol. The second kappa shape index (κ2) is 8.27. The molecule has 0 spiro atoms. The summed E-state index contributed by atoms with van der Waals surface area (Å²) in [6, 6.07) is 9.46. The first-order chi connectivity index (χ1) is 11.0. The molecule has 0 saturated carbocycles. The van der Waals surface area contributed by atoms with E-state index >= 15 is 0 Å². The van der Waals surface area contributed by atoms with Crippen molar-refractivity contribution in [1.82, 2.24) is 0 Å². The lowest BCUT2D eigenvalue weighted by Gasteiger charge is -2.16. The van der Waals surface area contributed by atoms with E-state index in [2.05, 4.69) is 0 Å². The van der Waals surface area contributed by atoms with Crippen LogP contribution in [0.2, 0.25) is 5.02 Å². The third-order valence-electron chi connectivity index (χ3n) is 3.64. The molecule has 23 heavy (non-hydrogen) atoms. The van der Waals surface area contributed by atoms with Gasteiger partial charge in [0.25, 0.3) is 0 Å². The highest BCUT2D eigenvalue weighted by Gasteiger charge is 2.14. The van der Waals surface area contributed by atoms with Crippen LogP contribution in [0.5, 0.6) is 5.75 Å². The summed E-state index contributed by atoms with van der Waals surface area (Å²) in [6.07, 6.45) is 1.50. The molecule has 0 aliphatic rings. The Morgan fingerprint density at radius 3 is 2.52 bits per heavy atom. The summed E-state index contributed by atoms with van der Waals surface area (Å²) in [5.74, 6) is -1.18. The maximum absolute atomic E-state index is 13.4. The number of hydrogen-bond donors (Lipinski definition) is 1. The van der Waals surface area contributed by atoms with Crippen LogP contribution >= 0.6 is 11.6 Å². The van der Waals surface area contributed by atoms with Crippen LogP contribution in [0.4, 0.5) is 8.78 Å². The van der Waals surface area contributed by atoms with Gasteiger partial charge in [-0.1, -0.05) is 30.7 Å². The molecular formula is C18H20ClF2NO. The number of hydrogen-bond acceptors (Lipinski definition) is 2. The summed E-state index contributed by atoms with van der Waals surface area (Å²) in [4.78, 5) is 0. The average Bonchev–Trinajstić information content (AvgIpc) is 2.54. The zero-order valence-corrected chi connectivity index (χ0v) is 13.7. The van der Waals surface area contributed by atoms with Crippen LogP contribution in [0.25, 0.3) is 0 Å². The van der Waals surface area contributed by atoms with Gasteiger partial charge in [-0.05, 0) is 54.8 Å². The number of nitrogens with two attached hydrogens (primary N) is 1. The highest BCUT2D eigenvalue weighted by Crippen LogP contribution is 2.28. The van der Waals surface area contributed by atoms with Crippen LogP contribution in [0.1, 0.15) is 30.4 Å². The van der Waals surface area contributed by atoms with Gasteiger partial charge in [0.2, 0.25) is 0 Å². The lowest BCUT2D eigenvalue weighted by molar-refractivity contribution is 0.317. The van der Waals surface area contributed by atoms with Gasteiger partial charge in [-0.3, -0.25) is 0 Å². The molecule has 1 atom stereocenters. The van der Waals surface area contributed by atoms with Crippen LogP contribution in [0.15, 0.2) is 36.4 Å². The second-order valence-electron chi connectivity index (χ2n) is 5.42. The molecule has 0 aliphatic heterocycles. The second-order valence-corrected chi connectivity index (χ2v) is 5.83. The van der Waals surface area contributed by atoms with E-state index in [1.54, 1.807) is 6.07 Å². The molecule has 2 aromatic rings. The quantitative estimate of drug-likeness (QED) is 0.794. The molecule has 0 radical (unpaired) electrons. The zero-order chi connectivity index (χ0) is 16.8. The van der Waals surface area contributed by atoms with Crippen molar-refractivity contribution in [3.63, 3.8) is 0 Å². The third kappa shape index (κ3) is 4.66. The first-order valence-corrected chi connectivity index (χ1v) is 7.99. The normalized spacial score (nSPS) is 12.2. The molecule has 0 aliphatic carbocycles. The van der Waals surface area contributed by atoms with Gasteiger partial charge in [-0.15, -0.1) is 0 Å².